The first-order valence-corrected chi connectivity index (χ1v) is 6.12. The van der Waals surface area contributed by atoms with Crippen LogP contribution in [0.2, 0.25) is 0 Å². The molecule has 0 aliphatic heterocycles. The number of H-pyrrole nitrogens is 1. The van der Waals surface area contributed by atoms with Crippen LogP contribution in [0.1, 0.15) is 36.3 Å². The number of nitrogens with zero attached hydrogens (tertiary/aromatic N) is 2. The number of nitrogens with one attached hydrogen (secondary N) is 1. The molecular weight excluding hydrogens is 226 g/mol. The standard InChI is InChI=1S/C14H15N3O/c1-14(2)6-3-10-11(13(14)18)12(17-16-10)9-4-7-15-8-5-9/h4-5,7-8H,3,6H2,1-2H3,(H,16,17). The van der Waals surface area contributed by atoms with Gasteiger partial charge in [-0.3, -0.25) is 14.9 Å². The van der Waals surface area contributed by atoms with Gasteiger partial charge in [-0.05, 0) is 25.0 Å². The average molecular weight is 241 g/mol. The van der Waals surface area contributed by atoms with Gasteiger partial charge in [0, 0.05) is 29.1 Å². The number of pyridine rings is 1. The number of Topliss-reactive ketones (excluding diaryl/α,β-unsaturated/α-hetero) is 1. The molecule has 0 amide bonds. The van der Waals surface area contributed by atoms with E-state index in [1.54, 1.807) is 12.4 Å². The van der Waals surface area contributed by atoms with Crippen LogP contribution in [0, 0.1) is 5.41 Å². The highest BCUT2D eigenvalue weighted by atomic mass is 16.1. The largest absolute Gasteiger partial charge is 0.293 e. The van der Waals surface area contributed by atoms with Gasteiger partial charge in [-0.1, -0.05) is 13.8 Å². The summed E-state index contributed by atoms with van der Waals surface area (Å²) in [6.07, 6.45) is 5.19. The number of carbonyl (C=O) groups excluding carboxylic acids is 1. The van der Waals surface area contributed by atoms with E-state index in [4.69, 9.17) is 0 Å². The number of aromatic nitrogens is 3. The summed E-state index contributed by atoms with van der Waals surface area (Å²) < 4.78 is 0. The number of carbonyl (C=O) groups is 1. The van der Waals surface area contributed by atoms with E-state index in [2.05, 4.69) is 15.2 Å². The van der Waals surface area contributed by atoms with Crippen LogP contribution in [0.5, 0.6) is 0 Å². The minimum Gasteiger partial charge on any atom is -0.293 e. The number of rotatable bonds is 1. The van der Waals surface area contributed by atoms with Crippen LogP contribution in [0.4, 0.5) is 0 Å². The van der Waals surface area contributed by atoms with Crippen molar-refractivity contribution in [1.82, 2.24) is 15.2 Å². The average Bonchev–Trinajstić information content (AvgIpc) is 2.80. The first-order chi connectivity index (χ1) is 8.59. The number of ketones is 1. The topological polar surface area (TPSA) is 58.6 Å². The first-order valence-electron chi connectivity index (χ1n) is 6.12. The minimum atomic E-state index is -0.293. The van der Waals surface area contributed by atoms with Crippen LogP contribution in [0.25, 0.3) is 11.3 Å². The predicted octanol–water partition coefficient (Wildman–Crippen LogP) is 2.63. The third kappa shape index (κ3) is 1.56. The van der Waals surface area contributed by atoms with Crippen LogP contribution in [0.15, 0.2) is 24.5 Å². The van der Waals surface area contributed by atoms with Crippen LogP contribution in [-0.2, 0) is 6.42 Å². The van der Waals surface area contributed by atoms with Crippen molar-refractivity contribution in [2.45, 2.75) is 26.7 Å². The normalized spacial score (nSPS) is 17.6. The summed E-state index contributed by atoms with van der Waals surface area (Å²) in [4.78, 5) is 16.5. The van der Waals surface area contributed by atoms with Gasteiger partial charge in [0.2, 0.25) is 0 Å². The summed E-state index contributed by atoms with van der Waals surface area (Å²) in [6.45, 7) is 4.00. The Labute approximate surface area is 105 Å². The van der Waals surface area contributed by atoms with Gasteiger partial charge in [0.25, 0.3) is 0 Å². The number of fused-ring (bicyclic) bond motifs is 1. The molecule has 0 atom stereocenters. The molecule has 0 saturated carbocycles. The van der Waals surface area contributed by atoms with Crippen molar-refractivity contribution in [2.75, 3.05) is 0 Å². The molecule has 1 aliphatic carbocycles. The van der Waals surface area contributed by atoms with E-state index in [0.29, 0.717) is 0 Å². The van der Waals surface area contributed by atoms with Gasteiger partial charge in [-0.25, -0.2) is 0 Å². The lowest BCUT2D eigenvalue weighted by molar-refractivity contribution is 0.0811. The number of aromatic amines is 1. The van der Waals surface area contributed by atoms with Gasteiger partial charge in [-0.15, -0.1) is 0 Å². The highest BCUT2D eigenvalue weighted by molar-refractivity contribution is 6.06. The molecule has 2 heterocycles. The lowest BCUT2D eigenvalue weighted by atomic mass is 9.74. The summed E-state index contributed by atoms with van der Waals surface area (Å²) >= 11 is 0. The molecule has 0 fully saturated rings. The van der Waals surface area contributed by atoms with Gasteiger partial charge >= 0.3 is 0 Å². The Morgan fingerprint density at radius 3 is 2.72 bits per heavy atom. The quantitative estimate of drug-likeness (QED) is 0.835. The molecule has 0 bridgehead atoms. The van der Waals surface area contributed by atoms with Gasteiger partial charge in [0.1, 0.15) is 5.69 Å². The molecule has 3 rings (SSSR count). The van der Waals surface area contributed by atoms with Crippen molar-refractivity contribution in [1.29, 1.82) is 0 Å². The molecule has 1 N–H and O–H groups in total. The number of hydrogen-bond donors (Lipinski definition) is 1. The fraction of sp³-hybridized carbons (Fsp3) is 0.357. The monoisotopic (exact) mass is 241 g/mol. The Bertz CT molecular complexity index is 599. The van der Waals surface area contributed by atoms with E-state index in [1.165, 1.54) is 0 Å². The van der Waals surface area contributed by atoms with Crippen LogP contribution in [0.3, 0.4) is 0 Å². The van der Waals surface area contributed by atoms with Gasteiger partial charge in [-0.2, -0.15) is 5.10 Å². The Kier molecular flexibility index (Phi) is 2.33. The summed E-state index contributed by atoms with van der Waals surface area (Å²) in [6, 6.07) is 3.76. The van der Waals surface area contributed by atoms with E-state index in [-0.39, 0.29) is 11.2 Å². The number of aryl methyl sites for hydroxylation is 1. The zero-order valence-electron chi connectivity index (χ0n) is 10.5. The maximum Gasteiger partial charge on any atom is 0.172 e. The molecule has 4 heteroatoms. The van der Waals surface area contributed by atoms with Gasteiger partial charge in [0.15, 0.2) is 5.78 Å². The summed E-state index contributed by atoms with van der Waals surface area (Å²) in [5.41, 5.74) is 3.13. The Balaban J connectivity index is 2.16. The minimum absolute atomic E-state index is 0.185. The molecule has 0 unspecified atom stereocenters. The molecule has 0 aromatic carbocycles. The second-order valence-electron chi connectivity index (χ2n) is 5.37. The SMILES string of the molecule is CC1(C)CCc2[nH]nc(-c3ccncc3)c2C1=O. The van der Waals surface area contributed by atoms with E-state index in [0.717, 1.165) is 35.4 Å². The molecule has 0 radical (unpaired) electrons. The van der Waals surface area contributed by atoms with Crippen LogP contribution >= 0.6 is 0 Å². The van der Waals surface area contributed by atoms with Gasteiger partial charge < -0.3 is 0 Å². The lowest BCUT2D eigenvalue weighted by Crippen LogP contribution is -2.30. The summed E-state index contributed by atoms with van der Waals surface area (Å²) in [5, 5.41) is 7.31. The van der Waals surface area contributed by atoms with Crippen molar-refractivity contribution >= 4 is 5.78 Å². The fourth-order valence-electron chi connectivity index (χ4n) is 2.41. The van der Waals surface area contributed by atoms with Gasteiger partial charge in [0.05, 0.1) is 5.56 Å². The van der Waals surface area contributed by atoms with Crippen molar-refractivity contribution < 1.29 is 4.79 Å². The van der Waals surface area contributed by atoms with Crippen LogP contribution < -0.4 is 0 Å². The van der Waals surface area contributed by atoms with Crippen molar-refractivity contribution in [3.05, 3.63) is 35.8 Å². The van der Waals surface area contributed by atoms with Crippen molar-refractivity contribution in [3.8, 4) is 11.3 Å². The molecule has 0 saturated heterocycles. The van der Waals surface area contributed by atoms with Crippen LogP contribution in [-0.4, -0.2) is 21.0 Å². The molecule has 1 aliphatic rings. The van der Waals surface area contributed by atoms with E-state index >= 15 is 0 Å². The summed E-state index contributed by atoms with van der Waals surface area (Å²) in [5.74, 6) is 0.185. The second kappa shape index (κ2) is 3.77. The Morgan fingerprint density at radius 2 is 2.00 bits per heavy atom. The van der Waals surface area contributed by atoms with Crippen molar-refractivity contribution in [2.24, 2.45) is 5.41 Å². The second-order valence-corrected chi connectivity index (χ2v) is 5.37. The van der Waals surface area contributed by atoms with Crippen molar-refractivity contribution in [3.63, 3.8) is 0 Å². The predicted molar refractivity (Wildman–Crippen MR) is 68.3 cm³/mol. The summed E-state index contributed by atoms with van der Waals surface area (Å²) in [7, 11) is 0. The fourth-order valence-corrected chi connectivity index (χ4v) is 2.41. The molecule has 92 valence electrons. The zero-order chi connectivity index (χ0) is 12.8. The highest BCUT2D eigenvalue weighted by Crippen LogP contribution is 2.37. The molecular formula is C14H15N3O. The Hall–Kier alpha value is -1.97. The van der Waals surface area contributed by atoms with E-state index < -0.39 is 0 Å². The third-order valence-corrected chi connectivity index (χ3v) is 3.64. The third-order valence-electron chi connectivity index (χ3n) is 3.64. The molecule has 0 spiro atoms. The smallest absolute Gasteiger partial charge is 0.172 e. The lowest BCUT2D eigenvalue weighted by Gasteiger charge is -2.27. The highest BCUT2D eigenvalue weighted by Gasteiger charge is 2.37. The molecule has 2 aromatic rings. The number of hydrogen-bond acceptors (Lipinski definition) is 3. The van der Waals surface area contributed by atoms with E-state index in [1.807, 2.05) is 26.0 Å². The molecule has 4 nitrogen and oxygen atoms in total. The Morgan fingerprint density at radius 1 is 1.28 bits per heavy atom. The molecule has 18 heavy (non-hydrogen) atoms. The first kappa shape index (κ1) is 11.1. The zero-order valence-corrected chi connectivity index (χ0v) is 10.5. The van der Waals surface area contributed by atoms with E-state index in [9.17, 15) is 4.79 Å². The maximum atomic E-state index is 12.5. The molecule has 2 aromatic heterocycles. The maximum absolute atomic E-state index is 12.5.